The van der Waals surface area contributed by atoms with E-state index in [4.69, 9.17) is 9.47 Å². The Labute approximate surface area is 233 Å². The number of ether oxygens (including phenoxy) is 2. The minimum Gasteiger partial charge on any atom is -0.494 e. The van der Waals surface area contributed by atoms with Crippen LogP contribution in [0.1, 0.15) is 117 Å². The van der Waals surface area contributed by atoms with Gasteiger partial charge >= 0.3 is 0 Å². The van der Waals surface area contributed by atoms with Crippen LogP contribution < -0.4 is 9.47 Å². The van der Waals surface area contributed by atoms with E-state index in [1.165, 1.54) is 114 Å². The molecule has 4 unspecified atom stereocenters. The molecule has 210 valence electrons. The third-order valence-electron chi connectivity index (χ3n) is 9.47. The molecule has 2 fully saturated rings. The lowest BCUT2D eigenvalue weighted by Gasteiger charge is -2.31. The quantitative estimate of drug-likeness (QED) is 0.218. The summed E-state index contributed by atoms with van der Waals surface area (Å²) in [6.07, 6.45) is 22.0. The molecule has 0 aromatic heterocycles. The van der Waals surface area contributed by atoms with Gasteiger partial charge in [-0.2, -0.15) is 0 Å². The van der Waals surface area contributed by atoms with Crippen molar-refractivity contribution in [1.29, 1.82) is 0 Å². The third-order valence-corrected chi connectivity index (χ3v) is 9.47. The molecular weight excluding hydrogens is 464 g/mol. The van der Waals surface area contributed by atoms with E-state index in [1.807, 2.05) is 0 Å². The van der Waals surface area contributed by atoms with E-state index < -0.39 is 0 Å². The molecule has 0 heterocycles. The van der Waals surface area contributed by atoms with Crippen LogP contribution in [0.25, 0.3) is 11.1 Å². The van der Waals surface area contributed by atoms with Gasteiger partial charge in [0.1, 0.15) is 11.5 Å². The molecule has 0 amide bonds. The summed E-state index contributed by atoms with van der Waals surface area (Å²) in [4.78, 5) is 0. The monoisotopic (exact) mass is 518 g/mol. The molecule has 2 saturated carbocycles. The largest absolute Gasteiger partial charge is 0.494 e. The second kappa shape index (κ2) is 16.2. The van der Waals surface area contributed by atoms with E-state index in [2.05, 4.69) is 62.4 Å². The topological polar surface area (TPSA) is 18.5 Å². The lowest BCUT2D eigenvalue weighted by atomic mass is 9.75. The SMILES string of the molecule is CCCC1CCCCC1CCCOc1ccc(-c2ccc(OCCCC3CCCCC3CCC)cc2)cc1. The van der Waals surface area contributed by atoms with Crippen LogP contribution in [-0.4, -0.2) is 13.2 Å². The van der Waals surface area contributed by atoms with Crippen molar-refractivity contribution in [3.05, 3.63) is 48.5 Å². The maximum Gasteiger partial charge on any atom is 0.119 e. The Morgan fingerprint density at radius 3 is 1.18 bits per heavy atom. The van der Waals surface area contributed by atoms with Crippen LogP contribution in [0.2, 0.25) is 0 Å². The van der Waals surface area contributed by atoms with Gasteiger partial charge in [-0.3, -0.25) is 0 Å². The van der Waals surface area contributed by atoms with Crippen LogP contribution in [0, 0.1) is 23.7 Å². The first kappa shape index (κ1) is 29.0. The van der Waals surface area contributed by atoms with Gasteiger partial charge < -0.3 is 9.47 Å². The average molecular weight is 519 g/mol. The first-order chi connectivity index (χ1) is 18.8. The van der Waals surface area contributed by atoms with Gasteiger partial charge in [0.2, 0.25) is 0 Å². The Hall–Kier alpha value is -1.96. The van der Waals surface area contributed by atoms with E-state index >= 15 is 0 Å². The number of hydrogen-bond donors (Lipinski definition) is 0. The molecule has 0 bridgehead atoms. The van der Waals surface area contributed by atoms with Crippen LogP contribution in [-0.2, 0) is 0 Å². The summed E-state index contributed by atoms with van der Waals surface area (Å²) < 4.78 is 12.2. The minimum absolute atomic E-state index is 0.834. The van der Waals surface area contributed by atoms with Gasteiger partial charge in [-0.15, -0.1) is 0 Å². The van der Waals surface area contributed by atoms with Gasteiger partial charge in [0.25, 0.3) is 0 Å². The molecule has 0 radical (unpaired) electrons. The molecule has 0 saturated heterocycles. The van der Waals surface area contributed by atoms with Crippen LogP contribution in [0.15, 0.2) is 48.5 Å². The summed E-state index contributed by atoms with van der Waals surface area (Å²) in [5.74, 6) is 5.76. The molecule has 2 aliphatic rings. The van der Waals surface area contributed by atoms with E-state index in [0.29, 0.717) is 0 Å². The fourth-order valence-electron chi connectivity index (χ4n) is 7.39. The average Bonchev–Trinajstić information content (AvgIpc) is 2.96. The van der Waals surface area contributed by atoms with Crippen molar-refractivity contribution in [1.82, 2.24) is 0 Å². The molecule has 2 aromatic carbocycles. The Kier molecular flexibility index (Phi) is 12.4. The normalized spacial score (nSPS) is 23.7. The summed E-state index contributed by atoms with van der Waals surface area (Å²) in [5, 5.41) is 0. The first-order valence-electron chi connectivity index (χ1n) is 16.2. The van der Waals surface area contributed by atoms with Crippen LogP contribution >= 0.6 is 0 Å². The summed E-state index contributed by atoms with van der Waals surface area (Å²) in [7, 11) is 0. The van der Waals surface area contributed by atoms with Crippen molar-refractivity contribution in [2.45, 2.75) is 117 Å². The maximum atomic E-state index is 6.10. The van der Waals surface area contributed by atoms with E-state index in [1.54, 1.807) is 0 Å². The van der Waals surface area contributed by atoms with Gasteiger partial charge in [-0.05, 0) is 84.7 Å². The van der Waals surface area contributed by atoms with Crippen molar-refractivity contribution in [3.8, 4) is 22.6 Å². The molecule has 2 nitrogen and oxygen atoms in total. The highest BCUT2D eigenvalue weighted by molar-refractivity contribution is 5.64. The molecule has 0 spiro atoms. The molecule has 4 atom stereocenters. The van der Waals surface area contributed by atoms with Gasteiger partial charge in [-0.25, -0.2) is 0 Å². The molecule has 0 aliphatic heterocycles. The first-order valence-corrected chi connectivity index (χ1v) is 16.2. The second-order valence-corrected chi connectivity index (χ2v) is 12.2. The zero-order valence-electron chi connectivity index (χ0n) is 24.5. The fourth-order valence-corrected chi connectivity index (χ4v) is 7.39. The smallest absolute Gasteiger partial charge is 0.119 e. The van der Waals surface area contributed by atoms with Crippen LogP contribution in [0.3, 0.4) is 0 Å². The Bertz CT molecular complexity index is 807. The fraction of sp³-hybridized carbons (Fsp3) is 0.667. The molecule has 2 heteroatoms. The molecule has 2 aromatic rings. The molecule has 2 aliphatic carbocycles. The highest BCUT2D eigenvalue weighted by Crippen LogP contribution is 2.37. The highest BCUT2D eigenvalue weighted by atomic mass is 16.5. The Morgan fingerprint density at radius 2 is 0.842 bits per heavy atom. The number of rotatable bonds is 15. The number of benzene rings is 2. The van der Waals surface area contributed by atoms with Crippen molar-refractivity contribution >= 4 is 0 Å². The summed E-state index contributed by atoms with van der Waals surface area (Å²) >= 11 is 0. The minimum atomic E-state index is 0.834. The van der Waals surface area contributed by atoms with Crippen molar-refractivity contribution in [3.63, 3.8) is 0 Å². The van der Waals surface area contributed by atoms with Gasteiger partial charge in [0.05, 0.1) is 13.2 Å². The van der Waals surface area contributed by atoms with Crippen LogP contribution in [0.4, 0.5) is 0 Å². The van der Waals surface area contributed by atoms with E-state index in [-0.39, 0.29) is 0 Å². The zero-order valence-corrected chi connectivity index (χ0v) is 24.5. The molecule has 4 rings (SSSR count). The summed E-state index contributed by atoms with van der Waals surface area (Å²) in [6, 6.07) is 17.2. The summed E-state index contributed by atoms with van der Waals surface area (Å²) in [6.45, 7) is 6.34. The maximum absolute atomic E-state index is 6.10. The van der Waals surface area contributed by atoms with Gasteiger partial charge in [0.15, 0.2) is 0 Å². The lowest BCUT2D eigenvalue weighted by molar-refractivity contribution is 0.193. The van der Waals surface area contributed by atoms with Crippen molar-refractivity contribution < 1.29 is 9.47 Å². The van der Waals surface area contributed by atoms with E-state index in [9.17, 15) is 0 Å². The van der Waals surface area contributed by atoms with Gasteiger partial charge in [0, 0.05) is 0 Å². The summed E-state index contributed by atoms with van der Waals surface area (Å²) in [5.41, 5.74) is 2.46. The highest BCUT2D eigenvalue weighted by Gasteiger charge is 2.24. The van der Waals surface area contributed by atoms with E-state index in [0.717, 1.165) is 48.4 Å². The third kappa shape index (κ3) is 9.06. The number of hydrogen-bond acceptors (Lipinski definition) is 2. The molecular formula is C36H54O2. The van der Waals surface area contributed by atoms with Crippen molar-refractivity contribution in [2.24, 2.45) is 23.7 Å². The van der Waals surface area contributed by atoms with Crippen molar-refractivity contribution in [2.75, 3.05) is 13.2 Å². The van der Waals surface area contributed by atoms with Gasteiger partial charge in [-0.1, -0.05) is 115 Å². The predicted octanol–water partition coefficient (Wildman–Crippen LogP) is 10.9. The zero-order chi connectivity index (χ0) is 26.4. The Balaban J connectivity index is 1.15. The molecule has 38 heavy (non-hydrogen) atoms. The lowest BCUT2D eigenvalue weighted by Crippen LogP contribution is -2.20. The second-order valence-electron chi connectivity index (χ2n) is 12.2. The molecule has 0 N–H and O–H groups in total. The van der Waals surface area contributed by atoms with Crippen LogP contribution in [0.5, 0.6) is 11.5 Å². The Morgan fingerprint density at radius 1 is 0.500 bits per heavy atom. The predicted molar refractivity (Wildman–Crippen MR) is 162 cm³/mol. The standard InChI is InChI=1S/C36H54O2/c1-3-11-29-13-5-7-15-31(29)17-9-27-37-35-23-19-33(20-24-35)34-21-25-36(26-22-34)38-28-10-18-32-16-8-6-14-30(32)12-4-2/h19-26,29-32H,3-18,27-28H2,1-2H3.